The summed E-state index contributed by atoms with van der Waals surface area (Å²) in [6.07, 6.45) is -2.08. The van der Waals surface area contributed by atoms with Gasteiger partial charge in [0.1, 0.15) is 17.5 Å². The smallest absolute Gasteiger partial charge is 0.395 e. The van der Waals surface area contributed by atoms with Crippen LogP contribution in [-0.4, -0.2) is 44.2 Å². The normalized spacial score (nSPS) is 13.3. The van der Waals surface area contributed by atoms with E-state index in [1.807, 2.05) is 12.3 Å². The number of rotatable bonds is 9. The number of hydrogen-bond donors (Lipinski definition) is 4. The third-order valence-corrected chi connectivity index (χ3v) is 6.59. The zero-order chi connectivity index (χ0) is 28.3. The molecule has 0 spiro atoms. The van der Waals surface area contributed by atoms with Crippen LogP contribution in [0.5, 0.6) is 0 Å². The molecule has 1 aliphatic heterocycles. The Morgan fingerprint density at radius 1 is 1.05 bits per heavy atom. The Morgan fingerprint density at radius 2 is 1.88 bits per heavy atom. The number of alkyl halides is 3. The van der Waals surface area contributed by atoms with E-state index in [2.05, 4.69) is 30.7 Å². The Morgan fingerprint density at radius 3 is 2.67 bits per heavy atom. The fourth-order valence-electron chi connectivity index (χ4n) is 4.56. The minimum atomic E-state index is -4.57. The van der Waals surface area contributed by atoms with Crippen LogP contribution in [0.1, 0.15) is 38.3 Å². The van der Waals surface area contributed by atoms with Gasteiger partial charge < -0.3 is 15.7 Å². The molecule has 0 aliphatic carbocycles. The lowest BCUT2D eigenvalue weighted by atomic mass is 10.1. The molecule has 2 aromatic heterocycles. The van der Waals surface area contributed by atoms with Crippen molar-refractivity contribution in [1.29, 1.82) is 0 Å². The molecule has 0 saturated heterocycles. The van der Waals surface area contributed by atoms with Gasteiger partial charge in [0.25, 0.3) is 5.91 Å². The number of hydrogen-bond acceptors (Lipinski definition) is 6. The molecule has 0 bridgehead atoms. The molecule has 208 valence electrons. The van der Waals surface area contributed by atoms with Crippen LogP contribution in [0.3, 0.4) is 0 Å². The Kier molecular flexibility index (Phi) is 7.81. The first-order valence-corrected chi connectivity index (χ1v) is 12.6. The first kappa shape index (κ1) is 27.3. The molecule has 12 heteroatoms. The van der Waals surface area contributed by atoms with Crippen LogP contribution >= 0.6 is 0 Å². The molecule has 8 nitrogen and oxygen atoms in total. The monoisotopic (exact) mass is 554 g/mol. The lowest BCUT2D eigenvalue weighted by Gasteiger charge is -2.11. The molecule has 0 fully saturated rings. The van der Waals surface area contributed by atoms with Gasteiger partial charge in [-0.25, -0.2) is 9.37 Å². The van der Waals surface area contributed by atoms with E-state index in [4.69, 9.17) is 5.11 Å². The van der Waals surface area contributed by atoms with Crippen LogP contribution in [0.15, 0.2) is 60.8 Å². The molecule has 40 heavy (non-hydrogen) atoms. The number of amides is 1. The maximum atomic E-state index is 14.5. The fourth-order valence-corrected chi connectivity index (χ4v) is 4.56. The van der Waals surface area contributed by atoms with Gasteiger partial charge >= 0.3 is 6.18 Å². The number of benzene rings is 2. The lowest BCUT2D eigenvalue weighted by molar-refractivity contribution is -0.137. The zero-order valence-corrected chi connectivity index (χ0v) is 21.2. The van der Waals surface area contributed by atoms with Gasteiger partial charge in [0.2, 0.25) is 0 Å². The van der Waals surface area contributed by atoms with Gasteiger partial charge in [0.15, 0.2) is 0 Å². The molecule has 0 saturated carbocycles. The van der Waals surface area contributed by atoms with Crippen molar-refractivity contribution in [2.45, 2.75) is 32.1 Å². The van der Waals surface area contributed by atoms with E-state index >= 15 is 0 Å². The predicted molar refractivity (Wildman–Crippen MR) is 141 cm³/mol. The highest BCUT2D eigenvalue weighted by molar-refractivity contribution is 6.04. The standard InChI is InChI=1S/C28H26F4N6O2/c29-24-7-6-22(34-27(40)18-2-1-3-21(10-18)28(30,31)32)11-17(24)4-5-23-13-26(37-36-23)35-25-12-19-15-38(8-9-39)16-20(19)14-33-25/h1-3,6-7,10-14,39H,4-5,8-9,15-16H2,(H,34,40)(H2,33,35,36,37). The van der Waals surface area contributed by atoms with Gasteiger partial charge in [0.05, 0.1) is 17.9 Å². The van der Waals surface area contributed by atoms with Crippen LogP contribution < -0.4 is 10.6 Å². The van der Waals surface area contributed by atoms with Crippen molar-refractivity contribution in [2.75, 3.05) is 23.8 Å². The molecule has 2 aromatic carbocycles. The summed E-state index contributed by atoms with van der Waals surface area (Å²) in [7, 11) is 0. The number of anilines is 3. The summed E-state index contributed by atoms with van der Waals surface area (Å²) in [6, 6.07) is 11.9. The first-order chi connectivity index (χ1) is 19.2. The Labute approximate surface area is 227 Å². The van der Waals surface area contributed by atoms with Gasteiger partial charge in [-0.2, -0.15) is 18.3 Å². The number of pyridine rings is 1. The molecule has 1 amide bonds. The maximum absolute atomic E-state index is 14.5. The van der Waals surface area contributed by atoms with E-state index in [9.17, 15) is 22.4 Å². The van der Waals surface area contributed by atoms with E-state index in [1.165, 1.54) is 24.3 Å². The lowest BCUT2D eigenvalue weighted by Crippen LogP contribution is -2.20. The maximum Gasteiger partial charge on any atom is 0.416 e. The second kappa shape index (κ2) is 11.4. The van der Waals surface area contributed by atoms with Gasteiger partial charge in [-0.3, -0.25) is 14.8 Å². The van der Waals surface area contributed by atoms with Crippen LogP contribution in [0, 0.1) is 5.82 Å². The average molecular weight is 555 g/mol. The van der Waals surface area contributed by atoms with Crippen molar-refractivity contribution in [3.05, 3.63) is 100 Å². The molecule has 0 atom stereocenters. The van der Waals surface area contributed by atoms with E-state index in [1.54, 1.807) is 6.07 Å². The third-order valence-electron chi connectivity index (χ3n) is 6.59. The highest BCUT2D eigenvalue weighted by atomic mass is 19.4. The van der Waals surface area contributed by atoms with Crippen LogP contribution in [0.25, 0.3) is 0 Å². The number of carbonyl (C=O) groups excluding carboxylic acids is 1. The van der Waals surface area contributed by atoms with Crippen LogP contribution in [-0.2, 0) is 32.1 Å². The summed E-state index contributed by atoms with van der Waals surface area (Å²) in [6.45, 7) is 2.20. The summed E-state index contributed by atoms with van der Waals surface area (Å²) >= 11 is 0. The summed E-state index contributed by atoms with van der Waals surface area (Å²) < 4.78 is 53.4. The molecule has 0 unspecified atom stereocenters. The predicted octanol–water partition coefficient (Wildman–Crippen LogP) is 5.05. The number of halogens is 4. The summed E-state index contributed by atoms with van der Waals surface area (Å²) in [4.78, 5) is 19.1. The van der Waals surface area contributed by atoms with Gasteiger partial charge in [-0.1, -0.05) is 6.07 Å². The van der Waals surface area contributed by atoms with E-state index in [-0.39, 0.29) is 24.3 Å². The van der Waals surface area contributed by atoms with E-state index in [0.29, 0.717) is 35.9 Å². The van der Waals surface area contributed by atoms with Crippen LogP contribution in [0.2, 0.25) is 0 Å². The fraction of sp³-hybridized carbons (Fsp3) is 0.250. The van der Waals surface area contributed by atoms with Gasteiger partial charge in [0, 0.05) is 43.1 Å². The molecule has 5 rings (SSSR count). The second-order valence-corrected chi connectivity index (χ2v) is 9.51. The number of H-pyrrole nitrogens is 1. The topological polar surface area (TPSA) is 106 Å². The minimum Gasteiger partial charge on any atom is -0.395 e. The van der Waals surface area contributed by atoms with Gasteiger partial charge in [-0.15, -0.1) is 0 Å². The summed E-state index contributed by atoms with van der Waals surface area (Å²) in [5.74, 6) is 0.0711. The Balaban J connectivity index is 1.19. The first-order valence-electron chi connectivity index (χ1n) is 12.6. The number of β-amino-alcohol motifs (C(OH)–C–C–N with tert-alkyl or cyclic N) is 1. The second-order valence-electron chi connectivity index (χ2n) is 9.51. The summed E-state index contributed by atoms with van der Waals surface area (Å²) in [5, 5.41) is 22.0. The quantitative estimate of drug-likeness (QED) is 0.216. The summed E-state index contributed by atoms with van der Waals surface area (Å²) in [5.41, 5.74) is 2.45. The van der Waals surface area contributed by atoms with Gasteiger partial charge in [-0.05, 0) is 72.0 Å². The Hall–Kier alpha value is -4.29. The third kappa shape index (κ3) is 6.46. The van der Waals surface area contributed by atoms with Crippen molar-refractivity contribution >= 4 is 23.2 Å². The van der Waals surface area contributed by atoms with E-state index < -0.39 is 23.5 Å². The number of aromatic amines is 1. The average Bonchev–Trinajstić information content (AvgIpc) is 3.54. The molecular formula is C28H26F4N6O2. The highest BCUT2D eigenvalue weighted by Gasteiger charge is 2.31. The molecule has 3 heterocycles. The van der Waals surface area contributed by atoms with Crippen molar-refractivity contribution in [3.63, 3.8) is 0 Å². The number of nitrogens with one attached hydrogen (secondary N) is 3. The number of aliphatic hydroxyl groups excluding tert-OH is 1. The molecule has 0 radical (unpaired) electrons. The molecule has 4 N–H and O–H groups in total. The zero-order valence-electron chi connectivity index (χ0n) is 21.2. The molecule has 1 aliphatic rings. The molecular weight excluding hydrogens is 528 g/mol. The number of fused-ring (bicyclic) bond motifs is 1. The number of aliphatic hydroxyl groups is 1. The SMILES string of the molecule is O=C(Nc1ccc(F)c(CCc2cc(Nc3cc4c(cn3)CN(CCO)C4)[nH]n2)c1)c1cccc(C(F)(F)F)c1. The molecule has 4 aromatic rings. The van der Waals surface area contributed by atoms with Crippen molar-refractivity contribution in [3.8, 4) is 0 Å². The van der Waals surface area contributed by atoms with Crippen molar-refractivity contribution < 1.29 is 27.5 Å². The number of aromatic nitrogens is 3. The minimum absolute atomic E-state index is 0.103. The number of aryl methyl sites for hydroxylation is 2. The van der Waals surface area contributed by atoms with Crippen LogP contribution in [0.4, 0.5) is 34.9 Å². The van der Waals surface area contributed by atoms with E-state index in [0.717, 1.165) is 42.4 Å². The number of nitrogens with zero attached hydrogens (tertiary/aromatic N) is 3. The van der Waals surface area contributed by atoms with Crippen molar-refractivity contribution in [1.82, 2.24) is 20.1 Å². The van der Waals surface area contributed by atoms with Crippen molar-refractivity contribution in [2.24, 2.45) is 0 Å². The Bertz CT molecular complexity index is 1520. The highest BCUT2D eigenvalue weighted by Crippen LogP contribution is 2.30. The largest absolute Gasteiger partial charge is 0.416 e. The number of carbonyl (C=O) groups is 1.